The number of benzene rings is 1. The van der Waals surface area contributed by atoms with E-state index in [9.17, 15) is 4.79 Å². The molecule has 2 rings (SSSR count). The third kappa shape index (κ3) is 4.75. The van der Waals surface area contributed by atoms with Gasteiger partial charge in [-0.15, -0.1) is 11.8 Å². The molecule has 1 aliphatic carbocycles. The molecule has 0 saturated heterocycles. The fraction of sp³-hybridized carbons (Fsp3) is 0.611. The molecule has 1 atom stereocenters. The van der Waals surface area contributed by atoms with Gasteiger partial charge in [-0.1, -0.05) is 37.5 Å². The predicted molar refractivity (Wildman–Crippen MR) is 94.3 cm³/mol. The molecule has 1 saturated carbocycles. The number of carbonyl (C=O) groups is 1. The predicted octanol–water partition coefficient (Wildman–Crippen LogP) is 3.37. The molecular formula is C18H28N2OS. The summed E-state index contributed by atoms with van der Waals surface area (Å²) in [6, 6.07) is 8.73. The number of thioether (sulfide) groups is 1. The van der Waals surface area contributed by atoms with Crippen LogP contribution in [0.3, 0.4) is 0 Å². The van der Waals surface area contributed by atoms with Gasteiger partial charge < -0.3 is 10.6 Å². The van der Waals surface area contributed by atoms with E-state index in [1.807, 2.05) is 25.7 Å². The molecule has 0 heterocycles. The third-order valence-electron chi connectivity index (χ3n) is 4.41. The molecule has 22 heavy (non-hydrogen) atoms. The summed E-state index contributed by atoms with van der Waals surface area (Å²) in [6.07, 6.45) is 4.90. The second-order valence-corrected chi connectivity index (χ2v) is 8.02. The summed E-state index contributed by atoms with van der Waals surface area (Å²) in [5, 5.41) is 6.25. The Hall–Kier alpha value is -1.00. The summed E-state index contributed by atoms with van der Waals surface area (Å²) in [5.74, 6) is 0.179. The molecule has 0 aromatic heterocycles. The fourth-order valence-corrected chi connectivity index (χ4v) is 4.42. The molecule has 3 nitrogen and oxygen atoms in total. The van der Waals surface area contributed by atoms with E-state index in [1.54, 1.807) is 0 Å². The van der Waals surface area contributed by atoms with Crippen LogP contribution in [0.1, 0.15) is 38.2 Å². The van der Waals surface area contributed by atoms with Crippen molar-refractivity contribution < 1.29 is 4.79 Å². The summed E-state index contributed by atoms with van der Waals surface area (Å²) >= 11 is 1.94. The zero-order valence-corrected chi connectivity index (χ0v) is 14.8. The molecule has 1 fully saturated rings. The quantitative estimate of drug-likeness (QED) is 0.809. The first-order valence-corrected chi connectivity index (χ1v) is 9.04. The number of carbonyl (C=O) groups excluding carboxylic acids is 1. The first kappa shape index (κ1) is 17.4. The molecule has 1 aromatic carbocycles. The van der Waals surface area contributed by atoms with Gasteiger partial charge in [0, 0.05) is 28.6 Å². The van der Waals surface area contributed by atoms with Crippen molar-refractivity contribution in [2.45, 2.75) is 49.2 Å². The van der Waals surface area contributed by atoms with Gasteiger partial charge in [-0.2, -0.15) is 0 Å². The van der Waals surface area contributed by atoms with Crippen LogP contribution in [-0.2, 0) is 4.79 Å². The molecule has 1 aromatic rings. The van der Waals surface area contributed by atoms with Crippen molar-refractivity contribution in [1.82, 2.24) is 10.6 Å². The summed E-state index contributed by atoms with van der Waals surface area (Å²) in [4.78, 5) is 13.5. The lowest BCUT2D eigenvalue weighted by molar-refractivity contribution is -0.124. The maximum atomic E-state index is 12.2. The standard InChI is InChI=1S/C18H28N2OS/c1-14-6-8-16(9-7-14)22-18(10-4-5-11-18)13-20-17(21)15(2)12-19-3/h6-9,15,19H,4-5,10-13H2,1-3H3,(H,20,21). The highest BCUT2D eigenvalue weighted by Gasteiger charge is 2.35. The van der Waals surface area contributed by atoms with Crippen molar-refractivity contribution in [1.29, 1.82) is 0 Å². The van der Waals surface area contributed by atoms with Crippen molar-refractivity contribution in [3.05, 3.63) is 29.8 Å². The Bertz CT molecular complexity index is 480. The number of amides is 1. The first-order valence-electron chi connectivity index (χ1n) is 8.23. The van der Waals surface area contributed by atoms with Crippen molar-refractivity contribution in [2.75, 3.05) is 20.1 Å². The van der Waals surface area contributed by atoms with Gasteiger partial charge in [0.2, 0.25) is 5.91 Å². The zero-order chi connectivity index (χ0) is 16.0. The molecule has 1 amide bonds. The normalized spacial score (nSPS) is 18.1. The Morgan fingerprint density at radius 1 is 1.27 bits per heavy atom. The lowest BCUT2D eigenvalue weighted by Crippen LogP contribution is -2.42. The number of aryl methyl sites for hydroxylation is 1. The van der Waals surface area contributed by atoms with E-state index in [0.29, 0.717) is 0 Å². The highest BCUT2D eigenvalue weighted by Crippen LogP contribution is 2.44. The van der Waals surface area contributed by atoms with E-state index < -0.39 is 0 Å². The van der Waals surface area contributed by atoms with Gasteiger partial charge in [0.15, 0.2) is 0 Å². The van der Waals surface area contributed by atoms with E-state index in [0.717, 1.165) is 13.1 Å². The van der Waals surface area contributed by atoms with Gasteiger partial charge in [-0.25, -0.2) is 0 Å². The van der Waals surface area contributed by atoms with Crippen LogP contribution in [0, 0.1) is 12.8 Å². The third-order valence-corrected chi connectivity index (χ3v) is 5.91. The Balaban J connectivity index is 1.96. The maximum absolute atomic E-state index is 12.2. The second kappa shape index (κ2) is 8.02. The summed E-state index contributed by atoms with van der Waals surface area (Å²) in [6.45, 7) is 5.59. The van der Waals surface area contributed by atoms with Gasteiger partial charge in [-0.05, 0) is 38.9 Å². The largest absolute Gasteiger partial charge is 0.354 e. The van der Waals surface area contributed by atoms with Crippen molar-refractivity contribution >= 4 is 17.7 Å². The topological polar surface area (TPSA) is 41.1 Å². The SMILES string of the molecule is CNCC(C)C(=O)NCC1(Sc2ccc(C)cc2)CCCC1. The number of hydrogen-bond acceptors (Lipinski definition) is 3. The lowest BCUT2D eigenvalue weighted by atomic mass is 10.1. The molecule has 1 unspecified atom stereocenters. The van der Waals surface area contributed by atoms with E-state index in [2.05, 4.69) is 41.8 Å². The minimum absolute atomic E-state index is 0.0211. The minimum atomic E-state index is 0.0211. The molecule has 4 heteroatoms. The molecule has 0 radical (unpaired) electrons. The fourth-order valence-electron chi connectivity index (χ4n) is 3.01. The smallest absolute Gasteiger partial charge is 0.224 e. The van der Waals surface area contributed by atoms with Crippen molar-refractivity contribution in [3.63, 3.8) is 0 Å². The summed E-state index contributed by atoms with van der Waals surface area (Å²) in [5.41, 5.74) is 1.29. The number of hydrogen-bond donors (Lipinski definition) is 2. The number of nitrogens with one attached hydrogen (secondary N) is 2. The van der Waals surface area contributed by atoms with Crippen LogP contribution in [0.15, 0.2) is 29.2 Å². The minimum Gasteiger partial charge on any atom is -0.354 e. The summed E-state index contributed by atoms with van der Waals surface area (Å²) < 4.78 is 0.171. The molecule has 0 bridgehead atoms. The van der Waals surface area contributed by atoms with E-state index in [-0.39, 0.29) is 16.6 Å². The highest BCUT2D eigenvalue weighted by atomic mass is 32.2. The van der Waals surface area contributed by atoms with Gasteiger partial charge in [0.05, 0.1) is 0 Å². The van der Waals surface area contributed by atoms with E-state index >= 15 is 0 Å². The Morgan fingerprint density at radius 3 is 2.50 bits per heavy atom. The molecule has 1 aliphatic rings. The molecule has 0 aliphatic heterocycles. The second-order valence-electron chi connectivity index (χ2n) is 6.48. The first-order chi connectivity index (χ1) is 10.5. The number of rotatable bonds is 7. The molecule has 2 N–H and O–H groups in total. The van der Waals surface area contributed by atoms with Crippen LogP contribution in [0.5, 0.6) is 0 Å². The van der Waals surface area contributed by atoms with Gasteiger partial charge >= 0.3 is 0 Å². The Labute approximate surface area is 138 Å². The molecular weight excluding hydrogens is 292 g/mol. The van der Waals surface area contributed by atoms with Gasteiger partial charge in [0.25, 0.3) is 0 Å². The summed E-state index contributed by atoms with van der Waals surface area (Å²) in [7, 11) is 1.88. The lowest BCUT2D eigenvalue weighted by Gasteiger charge is -2.29. The molecule has 122 valence electrons. The van der Waals surface area contributed by atoms with E-state index in [4.69, 9.17) is 0 Å². The van der Waals surface area contributed by atoms with Crippen LogP contribution in [0.4, 0.5) is 0 Å². The van der Waals surface area contributed by atoms with Crippen LogP contribution < -0.4 is 10.6 Å². The Kier molecular flexibility index (Phi) is 6.33. The Morgan fingerprint density at radius 2 is 1.91 bits per heavy atom. The van der Waals surface area contributed by atoms with Crippen LogP contribution >= 0.6 is 11.8 Å². The van der Waals surface area contributed by atoms with Crippen molar-refractivity contribution in [3.8, 4) is 0 Å². The van der Waals surface area contributed by atoms with Crippen LogP contribution in [0.2, 0.25) is 0 Å². The zero-order valence-electron chi connectivity index (χ0n) is 13.9. The van der Waals surface area contributed by atoms with E-state index in [1.165, 1.54) is 36.1 Å². The average molecular weight is 321 g/mol. The van der Waals surface area contributed by atoms with Crippen LogP contribution in [-0.4, -0.2) is 30.8 Å². The van der Waals surface area contributed by atoms with Crippen LogP contribution in [0.25, 0.3) is 0 Å². The van der Waals surface area contributed by atoms with Gasteiger partial charge in [0.1, 0.15) is 0 Å². The average Bonchev–Trinajstić information content (AvgIpc) is 2.96. The van der Waals surface area contributed by atoms with Gasteiger partial charge in [-0.3, -0.25) is 4.79 Å². The maximum Gasteiger partial charge on any atom is 0.224 e. The highest BCUT2D eigenvalue weighted by molar-refractivity contribution is 8.00. The monoisotopic (exact) mass is 320 g/mol. The molecule has 0 spiro atoms. The van der Waals surface area contributed by atoms with Crippen molar-refractivity contribution in [2.24, 2.45) is 5.92 Å².